The number of unbranched alkanes of at least 4 members (excludes halogenated alkanes) is 1. The molecule has 0 aliphatic carbocycles. The SMILES string of the molecule is CCCCN(C)c1cc(NCC2CCCO2)nc(C)n1. The van der Waals surface area contributed by atoms with Crippen LogP contribution >= 0.6 is 0 Å². The summed E-state index contributed by atoms with van der Waals surface area (Å²) in [6, 6.07) is 2.03. The van der Waals surface area contributed by atoms with E-state index in [0.29, 0.717) is 6.10 Å². The zero-order valence-electron chi connectivity index (χ0n) is 12.9. The lowest BCUT2D eigenvalue weighted by atomic mass is 10.2. The van der Waals surface area contributed by atoms with Gasteiger partial charge in [0.15, 0.2) is 0 Å². The van der Waals surface area contributed by atoms with Crippen LogP contribution in [0.3, 0.4) is 0 Å². The molecule has 0 aromatic carbocycles. The van der Waals surface area contributed by atoms with Crippen molar-refractivity contribution in [2.45, 2.75) is 45.6 Å². The minimum Gasteiger partial charge on any atom is -0.376 e. The van der Waals surface area contributed by atoms with Crippen LogP contribution in [0.4, 0.5) is 11.6 Å². The monoisotopic (exact) mass is 278 g/mol. The Kier molecular flexibility index (Phi) is 5.59. The number of aromatic nitrogens is 2. The lowest BCUT2D eigenvalue weighted by Gasteiger charge is -2.19. The fraction of sp³-hybridized carbons (Fsp3) is 0.733. The Morgan fingerprint density at radius 3 is 3.00 bits per heavy atom. The molecule has 1 atom stereocenters. The molecule has 1 aliphatic rings. The van der Waals surface area contributed by atoms with Crippen LogP contribution in [0.25, 0.3) is 0 Å². The second kappa shape index (κ2) is 7.43. The molecular formula is C15H26N4O. The zero-order valence-corrected chi connectivity index (χ0v) is 12.9. The Hall–Kier alpha value is -1.36. The summed E-state index contributed by atoms with van der Waals surface area (Å²) >= 11 is 0. The minimum absolute atomic E-state index is 0.326. The number of rotatable bonds is 7. The molecule has 0 saturated carbocycles. The van der Waals surface area contributed by atoms with E-state index in [9.17, 15) is 0 Å². The van der Waals surface area contributed by atoms with Crippen molar-refractivity contribution in [3.05, 3.63) is 11.9 Å². The first-order chi connectivity index (χ1) is 9.69. The lowest BCUT2D eigenvalue weighted by molar-refractivity contribution is 0.120. The first kappa shape index (κ1) is 15.0. The van der Waals surface area contributed by atoms with Crippen LogP contribution in [0, 0.1) is 6.92 Å². The van der Waals surface area contributed by atoms with Gasteiger partial charge in [-0.15, -0.1) is 0 Å². The normalized spacial score (nSPS) is 18.2. The van der Waals surface area contributed by atoms with Gasteiger partial charge in [0.1, 0.15) is 17.5 Å². The summed E-state index contributed by atoms with van der Waals surface area (Å²) in [5, 5.41) is 3.38. The highest BCUT2D eigenvalue weighted by Gasteiger charge is 2.15. The summed E-state index contributed by atoms with van der Waals surface area (Å²) in [4.78, 5) is 11.2. The van der Waals surface area contributed by atoms with Gasteiger partial charge >= 0.3 is 0 Å². The smallest absolute Gasteiger partial charge is 0.134 e. The Bertz CT molecular complexity index is 418. The van der Waals surface area contributed by atoms with Gasteiger partial charge in [0.2, 0.25) is 0 Å². The molecule has 1 N–H and O–H groups in total. The van der Waals surface area contributed by atoms with Gasteiger partial charge in [-0.2, -0.15) is 0 Å². The quantitative estimate of drug-likeness (QED) is 0.831. The summed E-state index contributed by atoms with van der Waals surface area (Å²) in [5.41, 5.74) is 0. The summed E-state index contributed by atoms with van der Waals surface area (Å²) in [5.74, 6) is 2.69. The van der Waals surface area contributed by atoms with E-state index in [2.05, 4.69) is 34.2 Å². The number of hydrogen-bond acceptors (Lipinski definition) is 5. The molecule has 112 valence electrons. The Morgan fingerprint density at radius 2 is 2.30 bits per heavy atom. The maximum atomic E-state index is 5.62. The van der Waals surface area contributed by atoms with Crippen molar-refractivity contribution < 1.29 is 4.74 Å². The molecule has 5 nitrogen and oxygen atoms in total. The van der Waals surface area contributed by atoms with Gasteiger partial charge in [-0.1, -0.05) is 13.3 Å². The highest BCUT2D eigenvalue weighted by molar-refractivity contribution is 5.49. The van der Waals surface area contributed by atoms with Crippen molar-refractivity contribution in [3.8, 4) is 0 Å². The van der Waals surface area contributed by atoms with E-state index in [-0.39, 0.29) is 0 Å². The van der Waals surface area contributed by atoms with Gasteiger partial charge in [-0.25, -0.2) is 9.97 Å². The Morgan fingerprint density at radius 1 is 1.45 bits per heavy atom. The maximum Gasteiger partial charge on any atom is 0.134 e. The van der Waals surface area contributed by atoms with Gasteiger partial charge in [-0.05, 0) is 26.2 Å². The van der Waals surface area contributed by atoms with E-state index in [0.717, 1.165) is 43.6 Å². The van der Waals surface area contributed by atoms with E-state index >= 15 is 0 Å². The predicted molar refractivity (Wildman–Crippen MR) is 82.4 cm³/mol. The van der Waals surface area contributed by atoms with Gasteiger partial charge in [0.05, 0.1) is 6.10 Å². The van der Waals surface area contributed by atoms with Crippen molar-refractivity contribution >= 4 is 11.6 Å². The summed E-state index contributed by atoms with van der Waals surface area (Å²) in [7, 11) is 2.08. The fourth-order valence-corrected chi connectivity index (χ4v) is 2.37. The molecule has 1 fully saturated rings. The molecule has 0 spiro atoms. The molecule has 0 amide bonds. The number of ether oxygens (including phenoxy) is 1. The third-order valence-corrected chi connectivity index (χ3v) is 3.60. The van der Waals surface area contributed by atoms with Crippen molar-refractivity contribution in [2.75, 3.05) is 37.0 Å². The van der Waals surface area contributed by atoms with Crippen LogP contribution in [0.15, 0.2) is 6.07 Å². The van der Waals surface area contributed by atoms with Crippen LogP contribution in [0.1, 0.15) is 38.4 Å². The van der Waals surface area contributed by atoms with E-state index < -0.39 is 0 Å². The van der Waals surface area contributed by atoms with Crippen LogP contribution < -0.4 is 10.2 Å². The Labute approximate surface area is 121 Å². The highest BCUT2D eigenvalue weighted by atomic mass is 16.5. The molecule has 5 heteroatoms. The zero-order chi connectivity index (χ0) is 14.4. The average molecular weight is 278 g/mol. The van der Waals surface area contributed by atoms with Crippen molar-refractivity contribution in [1.82, 2.24) is 9.97 Å². The van der Waals surface area contributed by atoms with Crippen molar-refractivity contribution in [3.63, 3.8) is 0 Å². The van der Waals surface area contributed by atoms with E-state index in [1.165, 1.54) is 19.3 Å². The number of nitrogens with zero attached hydrogens (tertiary/aromatic N) is 3. The second-order valence-corrected chi connectivity index (χ2v) is 5.45. The third-order valence-electron chi connectivity index (χ3n) is 3.60. The van der Waals surface area contributed by atoms with Gasteiger partial charge in [0.25, 0.3) is 0 Å². The minimum atomic E-state index is 0.326. The molecule has 2 rings (SSSR count). The molecule has 1 saturated heterocycles. The Balaban J connectivity index is 1.96. The van der Waals surface area contributed by atoms with Crippen LogP contribution in [-0.4, -0.2) is 42.8 Å². The van der Waals surface area contributed by atoms with Crippen LogP contribution in [0.5, 0.6) is 0 Å². The lowest BCUT2D eigenvalue weighted by Crippen LogP contribution is -2.22. The second-order valence-electron chi connectivity index (χ2n) is 5.45. The predicted octanol–water partition coefficient (Wildman–Crippen LogP) is 2.61. The third kappa shape index (κ3) is 4.34. The molecule has 1 aromatic heterocycles. The van der Waals surface area contributed by atoms with Crippen molar-refractivity contribution in [1.29, 1.82) is 0 Å². The first-order valence-corrected chi connectivity index (χ1v) is 7.61. The molecule has 1 aromatic rings. The summed E-state index contributed by atoms with van der Waals surface area (Å²) in [6.45, 7) is 6.88. The number of aryl methyl sites for hydroxylation is 1. The van der Waals surface area contributed by atoms with Gasteiger partial charge in [-0.3, -0.25) is 0 Å². The van der Waals surface area contributed by atoms with Gasteiger partial charge < -0.3 is 15.0 Å². The topological polar surface area (TPSA) is 50.3 Å². The first-order valence-electron chi connectivity index (χ1n) is 7.61. The molecular weight excluding hydrogens is 252 g/mol. The van der Waals surface area contributed by atoms with Crippen LogP contribution in [0.2, 0.25) is 0 Å². The summed E-state index contributed by atoms with van der Waals surface area (Å²) in [6.07, 6.45) is 5.00. The van der Waals surface area contributed by atoms with Crippen molar-refractivity contribution in [2.24, 2.45) is 0 Å². The van der Waals surface area contributed by atoms with Gasteiger partial charge in [0, 0.05) is 32.8 Å². The van der Waals surface area contributed by atoms with Crippen LogP contribution in [-0.2, 0) is 4.74 Å². The average Bonchev–Trinajstić information content (AvgIpc) is 2.95. The number of nitrogens with one attached hydrogen (secondary N) is 1. The van der Waals surface area contributed by atoms with E-state index in [1.54, 1.807) is 0 Å². The fourth-order valence-electron chi connectivity index (χ4n) is 2.37. The largest absolute Gasteiger partial charge is 0.376 e. The summed E-state index contributed by atoms with van der Waals surface area (Å²) < 4.78 is 5.62. The molecule has 0 radical (unpaired) electrons. The molecule has 2 heterocycles. The highest BCUT2D eigenvalue weighted by Crippen LogP contribution is 2.17. The van der Waals surface area contributed by atoms with E-state index in [1.807, 2.05) is 13.0 Å². The number of hydrogen-bond donors (Lipinski definition) is 1. The molecule has 0 bridgehead atoms. The standard InChI is InChI=1S/C15H26N4O/c1-4-5-8-19(3)15-10-14(17-12(2)18-15)16-11-13-7-6-9-20-13/h10,13H,4-9,11H2,1-3H3,(H,16,17,18). The molecule has 1 unspecified atom stereocenters. The maximum absolute atomic E-state index is 5.62. The number of anilines is 2. The van der Waals surface area contributed by atoms with E-state index in [4.69, 9.17) is 4.74 Å². The molecule has 20 heavy (non-hydrogen) atoms. The molecule has 1 aliphatic heterocycles.